The standard InChI is InChI=1S/C16H21BrN2/c1-3-4-5-12(2)16-18-11-15(19-16)10-13-6-8-14(17)9-7-13/h6-9,11-12H,3-5,10H2,1-2H3,(H,18,19). The summed E-state index contributed by atoms with van der Waals surface area (Å²) in [7, 11) is 0. The zero-order valence-corrected chi connectivity index (χ0v) is 13.2. The first-order valence-corrected chi connectivity index (χ1v) is 7.76. The topological polar surface area (TPSA) is 28.7 Å². The molecule has 0 bridgehead atoms. The molecule has 0 aliphatic rings. The molecule has 19 heavy (non-hydrogen) atoms. The maximum Gasteiger partial charge on any atom is 0.109 e. The Hall–Kier alpha value is -1.09. The van der Waals surface area contributed by atoms with Gasteiger partial charge >= 0.3 is 0 Å². The van der Waals surface area contributed by atoms with E-state index in [4.69, 9.17) is 0 Å². The van der Waals surface area contributed by atoms with Crippen LogP contribution in [0.2, 0.25) is 0 Å². The number of benzene rings is 1. The van der Waals surface area contributed by atoms with Gasteiger partial charge in [-0.3, -0.25) is 0 Å². The van der Waals surface area contributed by atoms with Crippen LogP contribution in [0.25, 0.3) is 0 Å². The summed E-state index contributed by atoms with van der Waals surface area (Å²) >= 11 is 3.46. The highest BCUT2D eigenvalue weighted by atomic mass is 79.9. The molecule has 0 radical (unpaired) electrons. The van der Waals surface area contributed by atoms with Crippen molar-refractivity contribution in [2.24, 2.45) is 0 Å². The molecule has 0 aliphatic carbocycles. The number of nitrogens with one attached hydrogen (secondary N) is 1. The molecule has 1 heterocycles. The molecule has 0 amide bonds. The number of aromatic amines is 1. The average molecular weight is 321 g/mol. The summed E-state index contributed by atoms with van der Waals surface area (Å²) in [6, 6.07) is 8.45. The third kappa shape index (κ3) is 4.20. The zero-order chi connectivity index (χ0) is 13.7. The van der Waals surface area contributed by atoms with E-state index in [1.165, 1.54) is 30.5 Å². The maximum atomic E-state index is 4.52. The second-order valence-electron chi connectivity index (χ2n) is 5.14. The number of halogens is 1. The van der Waals surface area contributed by atoms with Crippen LogP contribution in [0.5, 0.6) is 0 Å². The van der Waals surface area contributed by atoms with Gasteiger partial charge < -0.3 is 4.98 Å². The van der Waals surface area contributed by atoms with E-state index in [1.807, 2.05) is 6.20 Å². The highest BCUT2D eigenvalue weighted by Gasteiger charge is 2.09. The second-order valence-corrected chi connectivity index (χ2v) is 6.06. The molecule has 0 saturated carbocycles. The third-order valence-electron chi connectivity index (χ3n) is 3.41. The maximum absolute atomic E-state index is 4.52. The molecule has 3 heteroatoms. The molecule has 1 N–H and O–H groups in total. The SMILES string of the molecule is CCCCC(C)c1ncc(Cc2ccc(Br)cc2)[nH]1. The molecule has 1 aromatic carbocycles. The number of nitrogens with zero attached hydrogens (tertiary/aromatic N) is 1. The summed E-state index contributed by atoms with van der Waals surface area (Å²) in [6.07, 6.45) is 6.61. The Balaban J connectivity index is 1.98. The van der Waals surface area contributed by atoms with Crippen LogP contribution >= 0.6 is 15.9 Å². The molecule has 1 atom stereocenters. The van der Waals surface area contributed by atoms with Crippen molar-refractivity contribution in [2.75, 3.05) is 0 Å². The monoisotopic (exact) mass is 320 g/mol. The molecule has 102 valence electrons. The minimum absolute atomic E-state index is 0.526. The van der Waals surface area contributed by atoms with Crippen LogP contribution in [0.15, 0.2) is 34.9 Å². The van der Waals surface area contributed by atoms with Crippen molar-refractivity contribution < 1.29 is 0 Å². The fourth-order valence-corrected chi connectivity index (χ4v) is 2.45. The van der Waals surface area contributed by atoms with Crippen molar-refractivity contribution in [2.45, 2.75) is 45.4 Å². The molecular formula is C16H21BrN2. The van der Waals surface area contributed by atoms with Crippen molar-refractivity contribution in [1.29, 1.82) is 0 Å². The Labute approximate surface area is 123 Å². The van der Waals surface area contributed by atoms with Crippen molar-refractivity contribution in [1.82, 2.24) is 9.97 Å². The van der Waals surface area contributed by atoms with Crippen LogP contribution in [0.3, 0.4) is 0 Å². The van der Waals surface area contributed by atoms with Crippen LogP contribution in [0.4, 0.5) is 0 Å². The van der Waals surface area contributed by atoms with E-state index in [1.54, 1.807) is 0 Å². The number of hydrogen-bond donors (Lipinski definition) is 1. The van der Waals surface area contributed by atoms with Crippen LogP contribution in [-0.4, -0.2) is 9.97 Å². The molecule has 2 rings (SSSR count). The van der Waals surface area contributed by atoms with Gasteiger partial charge in [0.2, 0.25) is 0 Å². The largest absolute Gasteiger partial charge is 0.345 e. The molecule has 0 aliphatic heterocycles. The van der Waals surface area contributed by atoms with E-state index in [0.717, 1.165) is 16.7 Å². The number of unbranched alkanes of at least 4 members (excludes halogenated alkanes) is 1. The third-order valence-corrected chi connectivity index (χ3v) is 3.94. The molecule has 2 nitrogen and oxygen atoms in total. The Bertz CT molecular complexity index is 502. The van der Waals surface area contributed by atoms with Gasteiger partial charge in [0.1, 0.15) is 5.82 Å². The van der Waals surface area contributed by atoms with Gasteiger partial charge in [0.15, 0.2) is 0 Å². The van der Waals surface area contributed by atoms with Gasteiger partial charge in [0.05, 0.1) is 0 Å². The quantitative estimate of drug-likeness (QED) is 0.792. The first-order chi connectivity index (χ1) is 9.19. The zero-order valence-electron chi connectivity index (χ0n) is 11.6. The lowest BCUT2D eigenvalue weighted by Gasteiger charge is -2.06. The van der Waals surface area contributed by atoms with Gasteiger partial charge in [0.25, 0.3) is 0 Å². The van der Waals surface area contributed by atoms with E-state index in [0.29, 0.717) is 5.92 Å². The highest BCUT2D eigenvalue weighted by Crippen LogP contribution is 2.19. The summed E-state index contributed by atoms with van der Waals surface area (Å²) in [5, 5.41) is 0. The van der Waals surface area contributed by atoms with Gasteiger partial charge in [-0.15, -0.1) is 0 Å². The van der Waals surface area contributed by atoms with Gasteiger partial charge in [-0.1, -0.05) is 54.8 Å². The van der Waals surface area contributed by atoms with Crippen LogP contribution < -0.4 is 0 Å². The Morgan fingerprint density at radius 1 is 1.26 bits per heavy atom. The van der Waals surface area contributed by atoms with Crippen molar-refractivity contribution in [3.8, 4) is 0 Å². The number of aromatic nitrogens is 2. The molecule has 2 aromatic rings. The summed E-state index contributed by atoms with van der Waals surface area (Å²) in [4.78, 5) is 7.98. The fourth-order valence-electron chi connectivity index (χ4n) is 2.19. The van der Waals surface area contributed by atoms with E-state index in [-0.39, 0.29) is 0 Å². The lowest BCUT2D eigenvalue weighted by Crippen LogP contribution is -1.96. The lowest BCUT2D eigenvalue weighted by molar-refractivity contribution is 0.600. The summed E-state index contributed by atoms with van der Waals surface area (Å²) in [5.74, 6) is 1.65. The van der Waals surface area contributed by atoms with E-state index < -0.39 is 0 Å². The van der Waals surface area contributed by atoms with Crippen LogP contribution in [0.1, 0.15) is 56.1 Å². The van der Waals surface area contributed by atoms with Gasteiger partial charge in [0, 0.05) is 28.7 Å². The first kappa shape index (κ1) is 14.3. The average Bonchev–Trinajstić information content (AvgIpc) is 2.87. The minimum atomic E-state index is 0.526. The molecule has 1 unspecified atom stereocenters. The van der Waals surface area contributed by atoms with Gasteiger partial charge in [-0.05, 0) is 24.1 Å². The Morgan fingerprint density at radius 2 is 2.00 bits per heavy atom. The molecule has 0 saturated heterocycles. The predicted molar refractivity (Wildman–Crippen MR) is 83.5 cm³/mol. The van der Waals surface area contributed by atoms with E-state index >= 15 is 0 Å². The number of H-pyrrole nitrogens is 1. The Morgan fingerprint density at radius 3 is 2.68 bits per heavy atom. The molecular weight excluding hydrogens is 300 g/mol. The molecule has 0 spiro atoms. The summed E-state index contributed by atoms with van der Waals surface area (Å²) < 4.78 is 1.12. The van der Waals surface area contributed by atoms with E-state index in [9.17, 15) is 0 Å². The van der Waals surface area contributed by atoms with Gasteiger partial charge in [-0.2, -0.15) is 0 Å². The summed E-state index contributed by atoms with van der Waals surface area (Å²) in [5.41, 5.74) is 2.50. The predicted octanol–water partition coefficient (Wildman–Crippen LogP) is 5.06. The summed E-state index contributed by atoms with van der Waals surface area (Å²) in [6.45, 7) is 4.48. The van der Waals surface area contributed by atoms with Gasteiger partial charge in [-0.25, -0.2) is 4.98 Å². The highest BCUT2D eigenvalue weighted by molar-refractivity contribution is 9.10. The number of rotatable bonds is 6. The number of hydrogen-bond acceptors (Lipinski definition) is 1. The normalized spacial score (nSPS) is 12.6. The Kier molecular flexibility index (Phi) is 5.20. The minimum Gasteiger partial charge on any atom is -0.345 e. The molecule has 1 aromatic heterocycles. The van der Waals surface area contributed by atoms with Crippen LogP contribution in [0, 0.1) is 0 Å². The van der Waals surface area contributed by atoms with Crippen molar-refractivity contribution in [3.63, 3.8) is 0 Å². The van der Waals surface area contributed by atoms with Crippen molar-refractivity contribution in [3.05, 3.63) is 52.0 Å². The smallest absolute Gasteiger partial charge is 0.109 e. The number of imidazole rings is 1. The van der Waals surface area contributed by atoms with Crippen molar-refractivity contribution >= 4 is 15.9 Å². The molecule has 0 fully saturated rings. The van der Waals surface area contributed by atoms with E-state index in [2.05, 4.69) is 64.0 Å². The second kappa shape index (κ2) is 6.90. The fraction of sp³-hybridized carbons (Fsp3) is 0.438. The van der Waals surface area contributed by atoms with Crippen LogP contribution in [-0.2, 0) is 6.42 Å². The lowest BCUT2D eigenvalue weighted by atomic mass is 10.0. The first-order valence-electron chi connectivity index (χ1n) is 6.97.